The fourth-order valence-corrected chi connectivity index (χ4v) is 2.97. The van der Waals surface area contributed by atoms with E-state index >= 15 is 0 Å². The number of carbonyl (C=O) groups is 2. The predicted molar refractivity (Wildman–Crippen MR) is 93.5 cm³/mol. The molecule has 152 valence electrons. The minimum atomic E-state index is -4.62. The highest BCUT2D eigenvalue weighted by Gasteiger charge is 2.35. The fourth-order valence-electron chi connectivity index (χ4n) is 2.97. The van der Waals surface area contributed by atoms with Gasteiger partial charge in [-0.15, -0.1) is 0 Å². The van der Waals surface area contributed by atoms with Crippen LogP contribution in [0.5, 0.6) is 0 Å². The summed E-state index contributed by atoms with van der Waals surface area (Å²) in [4.78, 5) is 24.6. The van der Waals surface area contributed by atoms with E-state index in [4.69, 9.17) is 0 Å². The van der Waals surface area contributed by atoms with E-state index in [1.807, 2.05) is 0 Å². The van der Waals surface area contributed by atoms with Crippen molar-refractivity contribution < 1.29 is 31.5 Å². The van der Waals surface area contributed by atoms with Crippen molar-refractivity contribution in [2.45, 2.75) is 19.1 Å². The van der Waals surface area contributed by atoms with Crippen molar-refractivity contribution in [1.82, 2.24) is 10.6 Å². The van der Waals surface area contributed by atoms with Crippen LogP contribution in [0.15, 0.2) is 53.7 Å². The molecule has 0 unspecified atom stereocenters. The Hall–Kier alpha value is -3.43. The maximum atomic E-state index is 14.2. The van der Waals surface area contributed by atoms with Gasteiger partial charge in [0.1, 0.15) is 11.6 Å². The third-order valence-electron chi connectivity index (χ3n) is 4.25. The SMILES string of the molecule is CC1=C(C(=O)Nc2cccc(C(F)(F)F)c2)[C@H](c2c(F)cccc2F)NC(=O)N1. The summed E-state index contributed by atoms with van der Waals surface area (Å²) in [6.45, 7) is 1.34. The summed E-state index contributed by atoms with van der Waals surface area (Å²) in [5.74, 6) is -2.91. The Bertz CT molecular complexity index is 997. The monoisotopic (exact) mass is 411 g/mol. The van der Waals surface area contributed by atoms with Crippen molar-refractivity contribution in [2.75, 3.05) is 5.32 Å². The molecule has 1 aliphatic heterocycles. The number of anilines is 1. The van der Waals surface area contributed by atoms with Gasteiger partial charge >= 0.3 is 12.2 Å². The Morgan fingerprint density at radius 2 is 1.69 bits per heavy atom. The van der Waals surface area contributed by atoms with Crippen LogP contribution < -0.4 is 16.0 Å². The van der Waals surface area contributed by atoms with Gasteiger partial charge in [-0.25, -0.2) is 13.6 Å². The zero-order chi connectivity index (χ0) is 21.3. The molecule has 3 N–H and O–H groups in total. The molecule has 0 aromatic heterocycles. The number of rotatable bonds is 3. The molecule has 0 radical (unpaired) electrons. The molecule has 29 heavy (non-hydrogen) atoms. The van der Waals surface area contributed by atoms with E-state index in [-0.39, 0.29) is 17.0 Å². The molecule has 1 atom stereocenters. The summed E-state index contributed by atoms with van der Waals surface area (Å²) >= 11 is 0. The third-order valence-corrected chi connectivity index (χ3v) is 4.25. The molecule has 0 fully saturated rings. The second-order valence-corrected chi connectivity index (χ2v) is 6.24. The first-order valence-electron chi connectivity index (χ1n) is 8.28. The highest BCUT2D eigenvalue weighted by molar-refractivity contribution is 6.06. The van der Waals surface area contributed by atoms with Crippen LogP contribution in [0.2, 0.25) is 0 Å². The minimum absolute atomic E-state index is 0.00544. The first kappa shape index (κ1) is 20.3. The Morgan fingerprint density at radius 3 is 2.31 bits per heavy atom. The molecule has 3 rings (SSSR count). The summed E-state index contributed by atoms with van der Waals surface area (Å²) in [6, 6.07) is 4.68. The minimum Gasteiger partial charge on any atom is -0.326 e. The van der Waals surface area contributed by atoms with E-state index in [1.165, 1.54) is 13.0 Å². The molecule has 2 aromatic carbocycles. The zero-order valence-corrected chi connectivity index (χ0v) is 14.8. The normalized spacial score (nSPS) is 16.9. The van der Waals surface area contributed by atoms with Crippen LogP contribution in [0.4, 0.5) is 32.4 Å². The number of hydrogen-bond acceptors (Lipinski definition) is 2. The molecule has 2 aromatic rings. The molecule has 0 bridgehead atoms. The van der Waals surface area contributed by atoms with Crippen LogP contribution in [0.3, 0.4) is 0 Å². The maximum absolute atomic E-state index is 14.2. The standard InChI is InChI=1S/C19H14F5N3O2/c1-9-14(17(28)26-11-5-2-4-10(8-11)19(22,23)24)16(27-18(29)25-9)15-12(20)6-3-7-13(15)21/h2-8,16H,1H3,(H,26,28)(H2,25,27,29)/t16-/m1/s1. The number of benzene rings is 2. The number of carbonyl (C=O) groups excluding carboxylic acids is 2. The molecule has 3 amide bonds. The van der Waals surface area contributed by atoms with Gasteiger partial charge in [0.2, 0.25) is 0 Å². The van der Waals surface area contributed by atoms with Crippen LogP contribution in [0.25, 0.3) is 0 Å². The van der Waals surface area contributed by atoms with Gasteiger partial charge in [0, 0.05) is 11.4 Å². The smallest absolute Gasteiger partial charge is 0.326 e. The van der Waals surface area contributed by atoms with Gasteiger partial charge in [0.15, 0.2) is 0 Å². The van der Waals surface area contributed by atoms with Gasteiger partial charge < -0.3 is 16.0 Å². The summed E-state index contributed by atoms with van der Waals surface area (Å²) in [5, 5.41) is 6.86. The predicted octanol–water partition coefficient (Wildman–Crippen LogP) is 4.25. The molecule has 0 spiro atoms. The largest absolute Gasteiger partial charge is 0.416 e. The summed E-state index contributed by atoms with van der Waals surface area (Å²) in [6.07, 6.45) is -4.62. The number of hydrogen-bond donors (Lipinski definition) is 3. The maximum Gasteiger partial charge on any atom is 0.416 e. The van der Waals surface area contributed by atoms with Gasteiger partial charge in [-0.3, -0.25) is 4.79 Å². The molecular weight excluding hydrogens is 397 g/mol. The number of amides is 3. The van der Waals surface area contributed by atoms with Gasteiger partial charge in [0.05, 0.1) is 22.7 Å². The average molecular weight is 411 g/mol. The van der Waals surface area contributed by atoms with E-state index in [0.717, 1.165) is 36.4 Å². The van der Waals surface area contributed by atoms with Crippen LogP contribution in [0.1, 0.15) is 24.1 Å². The fraction of sp³-hybridized carbons (Fsp3) is 0.158. The van der Waals surface area contributed by atoms with Crippen molar-refractivity contribution in [3.05, 3.63) is 76.5 Å². The van der Waals surface area contributed by atoms with Crippen LogP contribution in [-0.2, 0) is 11.0 Å². The molecule has 0 saturated carbocycles. The Balaban J connectivity index is 1.99. The average Bonchev–Trinajstić information content (AvgIpc) is 2.60. The molecule has 0 aliphatic carbocycles. The molecule has 1 aliphatic rings. The molecule has 10 heteroatoms. The Kier molecular flexibility index (Phi) is 5.27. The first-order chi connectivity index (χ1) is 13.6. The topological polar surface area (TPSA) is 70.2 Å². The van der Waals surface area contributed by atoms with Gasteiger partial charge in [-0.2, -0.15) is 13.2 Å². The van der Waals surface area contributed by atoms with Crippen LogP contribution >= 0.6 is 0 Å². The highest BCUT2D eigenvalue weighted by atomic mass is 19.4. The van der Waals surface area contributed by atoms with Gasteiger partial charge in [-0.05, 0) is 37.3 Å². The number of urea groups is 1. The lowest BCUT2D eigenvalue weighted by atomic mass is 9.94. The summed E-state index contributed by atoms with van der Waals surface area (Å²) in [7, 11) is 0. The summed E-state index contributed by atoms with van der Waals surface area (Å²) in [5.41, 5.74) is -1.95. The second-order valence-electron chi connectivity index (χ2n) is 6.24. The Labute approximate surface area is 161 Å². The van der Waals surface area contributed by atoms with Gasteiger partial charge in [-0.1, -0.05) is 12.1 Å². The summed E-state index contributed by atoms with van der Waals surface area (Å²) < 4.78 is 67.1. The highest BCUT2D eigenvalue weighted by Crippen LogP contribution is 2.33. The molecule has 0 saturated heterocycles. The Morgan fingerprint density at radius 1 is 1.07 bits per heavy atom. The second kappa shape index (κ2) is 7.53. The van der Waals surface area contributed by atoms with Crippen molar-refractivity contribution in [2.24, 2.45) is 0 Å². The van der Waals surface area contributed by atoms with E-state index in [0.29, 0.717) is 0 Å². The lowest BCUT2D eigenvalue weighted by Crippen LogP contribution is -2.46. The van der Waals surface area contributed by atoms with Crippen LogP contribution in [-0.4, -0.2) is 11.9 Å². The zero-order valence-electron chi connectivity index (χ0n) is 14.8. The van der Waals surface area contributed by atoms with Crippen molar-refractivity contribution in [3.8, 4) is 0 Å². The third kappa shape index (κ3) is 4.20. The van der Waals surface area contributed by atoms with E-state index in [2.05, 4.69) is 16.0 Å². The van der Waals surface area contributed by atoms with Crippen LogP contribution in [0, 0.1) is 11.6 Å². The van der Waals surface area contributed by atoms with Crippen molar-refractivity contribution in [3.63, 3.8) is 0 Å². The van der Waals surface area contributed by atoms with E-state index in [1.54, 1.807) is 0 Å². The van der Waals surface area contributed by atoms with Crippen molar-refractivity contribution >= 4 is 17.6 Å². The van der Waals surface area contributed by atoms with E-state index < -0.39 is 46.9 Å². The van der Waals surface area contributed by atoms with Gasteiger partial charge in [0.25, 0.3) is 5.91 Å². The first-order valence-corrected chi connectivity index (χ1v) is 8.28. The molecule has 1 heterocycles. The van der Waals surface area contributed by atoms with Crippen molar-refractivity contribution in [1.29, 1.82) is 0 Å². The lowest BCUT2D eigenvalue weighted by Gasteiger charge is -2.29. The number of alkyl halides is 3. The van der Waals surface area contributed by atoms with E-state index in [9.17, 15) is 31.5 Å². The lowest BCUT2D eigenvalue weighted by molar-refractivity contribution is -0.137. The quantitative estimate of drug-likeness (QED) is 0.661. The molecular formula is C19H14F5N3O2. The number of nitrogens with one attached hydrogen (secondary N) is 3. The number of halogens is 5. The molecule has 5 nitrogen and oxygen atoms in total. The number of allylic oxidation sites excluding steroid dienone is 1.